The second-order valence-corrected chi connectivity index (χ2v) is 7.27. The molecule has 1 aliphatic carbocycles. The fourth-order valence-corrected chi connectivity index (χ4v) is 3.15. The third-order valence-electron chi connectivity index (χ3n) is 3.58. The van der Waals surface area contributed by atoms with Crippen molar-refractivity contribution < 1.29 is 17.9 Å². The maximum atomic E-state index is 13.6. The van der Waals surface area contributed by atoms with Gasteiger partial charge in [0.2, 0.25) is 10.0 Å². The lowest BCUT2D eigenvalue weighted by Gasteiger charge is -2.12. The van der Waals surface area contributed by atoms with Gasteiger partial charge in [-0.2, -0.15) is 0 Å². The number of nitrogens with one attached hydrogen (secondary N) is 1. The zero-order valence-corrected chi connectivity index (χ0v) is 11.8. The highest BCUT2D eigenvalue weighted by Gasteiger charge is 2.38. The van der Waals surface area contributed by atoms with Crippen molar-refractivity contribution in [1.29, 1.82) is 0 Å². The first-order valence-electron chi connectivity index (χ1n) is 6.17. The zero-order chi connectivity index (χ0) is 14.3. The Kier molecular flexibility index (Phi) is 3.68. The van der Waals surface area contributed by atoms with Gasteiger partial charge in [-0.15, -0.1) is 0 Å². The van der Waals surface area contributed by atoms with Gasteiger partial charge in [0.25, 0.3) is 0 Å². The molecule has 1 aromatic rings. The van der Waals surface area contributed by atoms with E-state index in [4.69, 9.17) is 5.11 Å². The van der Waals surface area contributed by atoms with Crippen LogP contribution in [-0.2, 0) is 16.6 Å². The average molecular weight is 287 g/mol. The van der Waals surface area contributed by atoms with Gasteiger partial charge in [0, 0.05) is 12.1 Å². The van der Waals surface area contributed by atoms with Crippen molar-refractivity contribution in [2.45, 2.75) is 38.2 Å². The third-order valence-corrected chi connectivity index (χ3v) is 4.96. The van der Waals surface area contributed by atoms with Crippen LogP contribution in [0, 0.1) is 18.2 Å². The number of aryl methyl sites for hydroxylation is 1. The normalized spacial score (nSPS) is 17.5. The smallest absolute Gasteiger partial charge is 0.240 e. The van der Waals surface area contributed by atoms with E-state index in [0.717, 1.165) is 12.8 Å². The number of halogens is 1. The van der Waals surface area contributed by atoms with Crippen molar-refractivity contribution in [1.82, 2.24) is 4.72 Å². The van der Waals surface area contributed by atoms with Gasteiger partial charge in [0.15, 0.2) is 0 Å². The van der Waals surface area contributed by atoms with Crippen molar-refractivity contribution in [2.24, 2.45) is 5.41 Å². The molecule has 0 radical (unpaired) electrons. The molecule has 0 bridgehead atoms. The van der Waals surface area contributed by atoms with E-state index in [1.54, 1.807) is 0 Å². The molecule has 1 fully saturated rings. The van der Waals surface area contributed by atoms with Crippen LogP contribution in [0.2, 0.25) is 0 Å². The molecule has 6 heteroatoms. The molecular weight excluding hydrogens is 269 g/mol. The summed E-state index contributed by atoms with van der Waals surface area (Å²) in [5, 5.41) is 9.05. The van der Waals surface area contributed by atoms with Gasteiger partial charge in [-0.25, -0.2) is 17.5 Å². The van der Waals surface area contributed by atoms with Crippen LogP contribution in [0.25, 0.3) is 0 Å². The molecule has 0 saturated heterocycles. The summed E-state index contributed by atoms with van der Waals surface area (Å²) in [5.74, 6) is -0.560. The number of aliphatic hydroxyl groups excluding tert-OH is 1. The summed E-state index contributed by atoms with van der Waals surface area (Å²) in [7, 11) is -3.65. The second kappa shape index (κ2) is 4.85. The van der Waals surface area contributed by atoms with Gasteiger partial charge >= 0.3 is 0 Å². The van der Waals surface area contributed by atoms with Crippen molar-refractivity contribution in [2.75, 3.05) is 6.54 Å². The summed E-state index contributed by atoms with van der Waals surface area (Å²) < 4.78 is 40.4. The number of benzene rings is 1. The SMILES string of the molecule is Cc1cc(S(=O)(=O)NCC2(C)CC2)cc(CO)c1F. The molecule has 0 heterocycles. The first-order chi connectivity index (χ1) is 8.77. The van der Waals surface area contributed by atoms with Gasteiger partial charge in [-0.1, -0.05) is 6.92 Å². The minimum atomic E-state index is -3.65. The van der Waals surface area contributed by atoms with E-state index in [9.17, 15) is 12.8 Å². The molecule has 19 heavy (non-hydrogen) atoms. The Morgan fingerprint density at radius 3 is 2.58 bits per heavy atom. The lowest BCUT2D eigenvalue weighted by molar-refractivity contribution is 0.275. The van der Waals surface area contributed by atoms with Crippen LogP contribution in [-0.4, -0.2) is 20.1 Å². The van der Waals surface area contributed by atoms with E-state index >= 15 is 0 Å². The molecule has 2 rings (SSSR count). The summed E-state index contributed by atoms with van der Waals surface area (Å²) in [5.41, 5.74) is 0.268. The van der Waals surface area contributed by atoms with E-state index in [1.165, 1.54) is 19.1 Å². The fraction of sp³-hybridized carbons (Fsp3) is 0.538. The number of aliphatic hydroxyl groups is 1. The Morgan fingerprint density at radius 1 is 1.42 bits per heavy atom. The molecule has 0 atom stereocenters. The van der Waals surface area contributed by atoms with Crippen molar-refractivity contribution >= 4 is 10.0 Å². The molecule has 4 nitrogen and oxygen atoms in total. The maximum Gasteiger partial charge on any atom is 0.240 e. The number of hydrogen-bond donors (Lipinski definition) is 2. The average Bonchev–Trinajstić information content (AvgIpc) is 3.09. The number of sulfonamides is 1. The Bertz CT molecular complexity index is 594. The third kappa shape index (κ3) is 3.13. The molecule has 106 valence electrons. The standard InChI is InChI=1S/C13H18FNO3S/c1-9-5-11(6-10(7-16)12(9)14)19(17,18)15-8-13(2)3-4-13/h5-6,15-16H,3-4,7-8H2,1-2H3. The van der Waals surface area contributed by atoms with Gasteiger partial charge in [-0.05, 0) is 42.9 Å². The monoisotopic (exact) mass is 287 g/mol. The van der Waals surface area contributed by atoms with Crippen LogP contribution in [0.4, 0.5) is 4.39 Å². The van der Waals surface area contributed by atoms with Gasteiger partial charge in [-0.3, -0.25) is 0 Å². The molecule has 0 amide bonds. The minimum Gasteiger partial charge on any atom is -0.392 e. The molecular formula is C13H18FNO3S. The van der Waals surface area contributed by atoms with E-state index in [2.05, 4.69) is 4.72 Å². The Hall–Kier alpha value is -0.980. The van der Waals surface area contributed by atoms with E-state index in [-0.39, 0.29) is 21.4 Å². The van der Waals surface area contributed by atoms with Crippen LogP contribution in [0.15, 0.2) is 17.0 Å². The summed E-state index contributed by atoms with van der Waals surface area (Å²) in [6, 6.07) is 2.46. The summed E-state index contributed by atoms with van der Waals surface area (Å²) in [6.07, 6.45) is 2.03. The van der Waals surface area contributed by atoms with Crippen LogP contribution in [0.5, 0.6) is 0 Å². The summed E-state index contributed by atoms with van der Waals surface area (Å²) >= 11 is 0. The van der Waals surface area contributed by atoms with E-state index in [0.29, 0.717) is 6.54 Å². The maximum absolute atomic E-state index is 13.6. The quantitative estimate of drug-likeness (QED) is 0.866. The van der Waals surface area contributed by atoms with Crippen LogP contribution in [0.3, 0.4) is 0 Å². The molecule has 2 N–H and O–H groups in total. The minimum absolute atomic E-state index is 0.000278. The Balaban J connectivity index is 2.26. The van der Waals surface area contributed by atoms with E-state index in [1.807, 2.05) is 6.92 Å². The first-order valence-corrected chi connectivity index (χ1v) is 7.65. The van der Waals surface area contributed by atoms with Crippen molar-refractivity contribution in [3.63, 3.8) is 0 Å². The largest absolute Gasteiger partial charge is 0.392 e. The van der Waals surface area contributed by atoms with E-state index < -0.39 is 22.4 Å². The lowest BCUT2D eigenvalue weighted by Crippen LogP contribution is -2.29. The predicted molar refractivity (Wildman–Crippen MR) is 69.6 cm³/mol. The molecule has 0 aliphatic heterocycles. The van der Waals surface area contributed by atoms with Crippen LogP contribution >= 0.6 is 0 Å². The molecule has 0 unspecified atom stereocenters. The van der Waals surface area contributed by atoms with Gasteiger partial charge < -0.3 is 5.11 Å². The number of rotatable bonds is 5. The highest BCUT2D eigenvalue weighted by Crippen LogP contribution is 2.44. The van der Waals surface area contributed by atoms with Gasteiger partial charge in [0.1, 0.15) is 5.82 Å². The highest BCUT2D eigenvalue weighted by molar-refractivity contribution is 7.89. The number of hydrogen-bond acceptors (Lipinski definition) is 3. The molecule has 1 aromatic carbocycles. The van der Waals surface area contributed by atoms with Crippen molar-refractivity contribution in [3.8, 4) is 0 Å². The summed E-state index contributed by atoms with van der Waals surface area (Å²) in [6.45, 7) is 3.37. The lowest BCUT2D eigenvalue weighted by atomic mass is 10.1. The Labute approximate surface area is 112 Å². The predicted octanol–water partition coefficient (Wildman–Crippen LogP) is 1.70. The van der Waals surface area contributed by atoms with Gasteiger partial charge in [0.05, 0.1) is 11.5 Å². The second-order valence-electron chi connectivity index (χ2n) is 5.51. The van der Waals surface area contributed by atoms with Crippen molar-refractivity contribution in [3.05, 3.63) is 29.1 Å². The fourth-order valence-electron chi connectivity index (χ4n) is 1.82. The highest BCUT2D eigenvalue weighted by atomic mass is 32.2. The first kappa shape index (κ1) is 14.4. The molecule has 0 aromatic heterocycles. The molecule has 1 saturated carbocycles. The zero-order valence-electron chi connectivity index (χ0n) is 11.0. The Morgan fingerprint density at radius 2 is 2.05 bits per heavy atom. The molecule has 0 spiro atoms. The summed E-state index contributed by atoms with van der Waals surface area (Å²) in [4.78, 5) is -0.000278. The topological polar surface area (TPSA) is 66.4 Å². The molecule has 1 aliphatic rings. The van der Waals surface area contributed by atoms with Crippen LogP contribution < -0.4 is 4.72 Å². The van der Waals surface area contributed by atoms with Crippen LogP contribution in [0.1, 0.15) is 30.9 Å².